The molecule has 0 bridgehead atoms. The number of rotatable bonds is 15. The van der Waals surface area contributed by atoms with Crippen molar-refractivity contribution < 1.29 is 29.1 Å². The van der Waals surface area contributed by atoms with Crippen molar-refractivity contribution in [2.24, 2.45) is 17.4 Å². The van der Waals surface area contributed by atoms with Gasteiger partial charge in [0.2, 0.25) is 23.6 Å². The lowest BCUT2D eigenvalue weighted by molar-refractivity contribution is -0.142. The minimum absolute atomic E-state index is 0.00929. The Morgan fingerprint density at radius 2 is 1.66 bits per heavy atom. The Labute approximate surface area is 236 Å². The molecule has 2 aromatic heterocycles. The molecule has 4 amide bonds. The number of aliphatic carboxylic acids is 1. The second kappa shape index (κ2) is 14.1. The zero-order valence-corrected chi connectivity index (χ0v) is 22.8. The highest BCUT2D eigenvalue weighted by Gasteiger charge is 2.32. The van der Waals surface area contributed by atoms with Crippen molar-refractivity contribution in [1.82, 2.24) is 30.9 Å². The first-order valence-electron chi connectivity index (χ1n) is 13.2. The highest BCUT2D eigenvalue weighted by molar-refractivity contribution is 5.94. The zero-order chi connectivity index (χ0) is 30.1. The third-order valence-corrected chi connectivity index (χ3v) is 6.60. The lowest BCUT2D eigenvalue weighted by Crippen LogP contribution is -2.58. The SMILES string of the molecule is CC(C)C(NC(=O)C(CCC(N)=O)NC(=O)C(N)Cc1cnc[nH]1)C(=O)NC(Cc1c[nH]c2ccccc12)C(=O)O. The van der Waals surface area contributed by atoms with Gasteiger partial charge in [0.15, 0.2) is 0 Å². The van der Waals surface area contributed by atoms with Gasteiger partial charge in [-0.15, -0.1) is 0 Å². The number of nitrogens with zero attached hydrogens (tertiary/aromatic N) is 1. The van der Waals surface area contributed by atoms with Gasteiger partial charge in [-0.1, -0.05) is 32.0 Å². The molecular weight excluding hydrogens is 532 g/mol. The summed E-state index contributed by atoms with van der Waals surface area (Å²) in [6.45, 7) is 3.36. The van der Waals surface area contributed by atoms with Crippen LogP contribution in [-0.2, 0) is 36.8 Å². The van der Waals surface area contributed by atoms with Crippen molar-refractivity contribution in [2.45, 2.75) is 63.7 Å². The molecule has 14 nitrogen and oxygen atoms in total. The van der Waals surface area contributed by atoms with E-state index >= 15 is 0 Å². The van der Waals surface area contributed by atoms with Crippen molar-refractivity contribution in [1.29, 1.82) is 0 Å². The Balaban J connectivity index is 1.70. The number of amides is 4. The molecule has 0 radical (unpaired) electrons. The predicted molar refractivity (Wildman–Crippen MR) is 149 cm³/mol. The highest BCUT2D eigenvalue weighted by atomic mass is 16.4. The predicted octanol–water partition coefficient (Wildman–Crippen LogP) is -0.536. The number of nitrogens with one attached hydrogen (secondary N) is 5. The summed E-state index contributed by atoms with van der Waals surface area (Å²) >= 11 is 0. The van der Waals surface area contributed by atoms with Gasteiger partial charge >= 0.3 is 5.97 Å². The average molecular weight is 569 g/mol. The van der Waals surface area contributed by atoms with Crippen LogP contribution in [0.1, 0.15) is 37.9 Å². The Hall–Kier alpha value is -4.72. The Bertz CT molecular complexity index is 1370. The number of hydrogen-bond acceptors (Lipinski definition) is 7. The van der Waals surface area contributed by atoms with Crippen LogP contribution in [-0.4, -0.2) is 73.8 Å². The molecule has 1 aromatic carbocycles. The number of para-hydroxylation sites is 1. The Morgan fingerprint density at radius 3 is 2.29 bits per heavy atom. The molecule has 41 heavy (non-hydrogen) atoms. The number of nitrogens with two attached hydrogens (primary N) is 2. The van der Waals surface area contributed by atoms with Crippen LogP contribution in [0.25, 0.3) is 10.9 Å². The van der Waals surface area contributed by atoms with E-state index < -0.39 is 59.7 Å². The number of fused-ring (bicyclic) bond motifs is 1. The first-order chi connectivity index (χ1) is 19.5. The largest absolute Gasteiger partial charge is 0.480 e. The monoisotopic (exact) mass is 568 g/mol. The smallest absolute Gasteiger partial charge is 0.326 e. The van der Waals surface area contributed by atoms with E-state index in [2.05, 4.69) is 30.9 Å². The summed E-state index contributed by atoms with van der Waals surface area (Å²) in [5.41, 5.74) is 13.4. The van der Waals surface area contributed by atoms with E-state index in [0.717, 1.165) is 10.9 Å². The molecule has 10 N–H and O–H groups in total. The van der Waals surface area contributed by atoms with Gasteiger partial charge in [-0.3, -0.25) is 19.2 Å². The van der Waals surface area contributed by atoms with Gasteiger partial charge in [0.25, 0.3) is 0 Å². The summed E-state index contributed by atoms with van der Waals surface area (Å²) < 4.78 is 0. The Morgan fingerprint density at radius 1 is 0.951 bits per heavy atom. The first kappa shape index (κ1) is 30.8. The van der Waals surface area contributed by atoms with Crippen molar-refractivity contribution in [3.05, 3.63) is 54.2 Å². The summed E-state index contributed by atoms with van der Waals surface area (Å²) in [6.07, 6.45) is 4.44. The lowest BCUT2D eigenvalue weighted by atomic mass is 10.00. The zero-order valence-electron chi connectivity index (χ0n) is 22.8. The van der Waals surface area contributed by atoms with E-state index in [0.29, 0.717) is 11.3 Å². The van der Waals surface area contributed by atoms with Gasteiger partial charge in [-0.25, -0.2) is 9.78 Å². The first-order valence-corrected chi connectivity index (χ1v) is 13.2. The van der Waals surface area contributed by atoms with E-state index in [9.17, 15) is 29.1 Å². The van der Waals surface area contributed by atoms with Gasteiger partial charge < -0.3 is 42.5 Å². The van der Waals surface area contributed by atoms with Gasteiger partial charge in [-0.2, -0.15) is 0 Å². The summed E-state index contributed by atoms with van der Waals surface area (Å²) in [7, 11) is 0. The molecule has 0 saturated carbocycles. The molecule has 3 rings (SSSR count). The van der Waals surface area contributed by atoms with Gasteiger partial charge in [-0.05, 0) is 24.0 Å². The molecule has 220 valence electrons. The molecule has 2 heterocycles. The number of carboxylic acid groups (broad SMARTS) is 1. The van der Waals surface area contributed by atoms with Crippen LogP contribution in [0.2, 0.25) is 0 Å². The third-order valence-electron chi connectivity index (χ3n) is 6.60. The number of primary amides is 1. The van der Waals surface area contributed by atoms with E-state index in [1.807, 2.05) is 24.3 Å². The quantitative estimate of drug-likeness (QED) is 0.118. The van der Waals surface area contributed by atoms with E-state index in [1.54, 1.807) is 20.0 Å². The lowest BCUT2D eigenvalue weighted by Gasteiger charge is -2.27. The fourth-order valence-corrected chi connectivity index (χ4v) is 4.33. The van der Waals surface area contributed by atoms with Gasteiger partial charge in [0.1, 0.15) is 18.1 Å². The van der Waals surface area contributed by atoms with Crippen LogP contribution in [0.15, 0.2) is 43.0 Å². The van der Waals surface area contributed by atoms with E-state index in [1.165, 1.54) is 12.5 Å². The number of aromatic amines is 2. The number of carbonyl (C=O) groups excluding carboxylic acids is 4. The molecule has 3 aromatic rings. The molecule has 0 saturated heterocycles. The number of carboxylic acids is 1. The third kappa shape index (κ3) is 8.63. The number of benzene rings is 1. The molecule has 14 heteroatoms. The van der Waals surface area contributed by atoms with Crippen LogP contribution in [0.3, 0.4) is 0 Å². The highest BCUT2D eigenvalue weighted by Crippen LogP contribution is 2.19. The normalized spacial score (nSPS) is 14.1. The standard InChI is InChI=1S/C27H36N8O6/c1-14(2)23(26(39)34-21(27(40)41)9-15-11-31-19-6-4-3-5-17(15)19)35-25(38)20(7-8-22(29)36)33-24(37)18(28)10-16-12-30-13-32-16/h3-6,11-14,18,20-21,23,31H,7-10,28H2,1-2H3,(H2,29,36)(H,30,32)(H,33,37)(H,34,39)(H,35,38)(H,40,41). The van der Waals surface area contributed by atoms with Crippen LogP contribution < -0.4 is 27.4 Å². The molecule has 4 unspecified atom stereocenters. The average Bonchev–Trinajstić information content (AvgIpc) is 3.58. The number of imidazole rings is 1. The molecule has 0 spiro atoms. The van der Waals surface area contributed by atoms with Crippen molar-refractivity contribution >= 4 is 40.5 Å². The summed E-state index contributed by atoms with van der Waals surface area (Å²) in [4.78, 5) is 72.4. The maximum atomic E-state index is 13.2. The van der Waals surface area contributed by atoms with Crippen LogP contribution in [0, 0.1) is 5.92 Å². The second-order valence-corrected chi connectivity index (χ2v) is 10.1. The minimum atomic E-state index is -1.27. The van der Waals surface area contributed by atoms with Crippen molar-refractivity contribution in [2.75, 3.05) is 0 Å². The van der Waals surface area contributed by atoms with Gasteiger partial charge in [0.05, 0.1) is 12.4 Å². The van der Waals surface area contributed by atoms with Crippen molar-refractivity contribution in [3.63, 3.8) is 0 Å². The summed E-state index contributed by atoms with van der Waals surface area (Å²) in [6, 6.07) is 2.72. The van der Waals surface area contributed by atoms with Crippen LogP contribution in [0.4, 0.5) is 0 Å². The maximum absolute atomic E-state index is 13.2. The number of hydrogen-bond donors (Lipinski definition) is 8. The maximum Gasteiger partial charge on any atom is 0.326 e. The number of H-pyrrole nitrogens is 2. The van der Waals surface area contributed by atoms with E-state index in [4.69, 9.17) is 11.5 Å². The molecule has 0 aliphatic rings. The molecule has 4 atom stereocenters. The Kier molecular flexibility index (Phi) is 10.6. The fourth-order valence-electron chi connectivity index (χ4n) is 4.33. The van der Waals surface area contributed by atoms with E-state index in [-0.39, 0.29) is 25.7 Å². The van der Waals surface area contributed by atoms with Gasteiger partial charge in [0, 0.05) is 48.3 Å². The fraction of sp³-hybridized carbons (Fsp3) is 0.407. The minimum Gasteiger partial charge on any atom is -0.480 e. The molecule has 0 aliphatic heterocycles. The topological polar surface area (TPSA) is 238 Å². The van der Waals surface area contributed by atoms with Crippen molar-refractivity contribution in [3.8, 4) is 0 Å². The summed E-state index contributed by atoms with van der Waals surface area (Å²) in [5, 5.41) is 18.3. The summed E-state index contributed by atoms with van der Waals surface area (Å²) in [5.74, 6) is -4.48. The molecular formula is C27H36N8O6. The number of aromatic nitrogens is 3. The molecule has 0 aliphatic carbocycles. The molecule has 0 fully saturated rings. The van der Waals surface area contributed by atoms with Crippen LogP contribution in [0.5, 0.6) is 0 Å². The number of carbonyl (C=O) groups is 5. The second-order valence-electron chi connectivity index (χ2n) is 10.1. The van der Waals surface area contributed by atoms with Crippen LogP contribution >= 0.6 is 0 Å².